The number of carbonyl (C=O) groups excluding carboxylic acids is 4. The van der Waals surface area contributed by atoms with Crippen LogP contribution in [-0.2, 0) is 14.4 Å². The molecule has 4 rings (SSSR count). The average Bonchev–Trinajstić information content (AvgIpc) is 2.98. The first-order chi connectivity index (χ1) is 14.4. The number of aliphatic carboxylic acids is 1. The van der Waals surface area contributed by atoms with Gasteiger partial charge >= 0.3 is 5.97 Å². The van der Waals surface area contributed by atoms with Crippen molar-refractivity contribution in [1.82, 2.24) is 10.2 Å². The third kappa shape index (κ3) is 3.55. The molecule has 1 unspecified atom stereocenters. The van der Waals surface area contributed by atoms with Gasteiger partial charge in [-0.3, -0.25) is 34.2 Å². The zero-order valence-electron chi connectivity index (χ0n) is 16.3. The van der Waals surface area contributed by atoms with Crippen molar-refractivity contribution < 1.29 is 29.1 Å². The standard InChI is InChI=1S/C21H23N3O6/c25-16-9-8-15(18(26)23-16)24-19(27)13-2-1-3-14(17(13)20(24)28)22-10-11-4-6-12(7-5-11)21(29)30/h1-3,11-12,15,22H,4-10H2,(H,29,30)(H,23,25,26). The largest absolute Gasteiger partial charge is 0.481 e. The van der Waals surface area contributed by atoms with Crippen molar-refractivity contribution in [1.29, 1.82) is 0 Å². The molecule has 1 saturated carbocycles. The molecule has 30 heavy (non-hydrogen) atoms. The number of carboxylic acid groups (broad SMARTS) is 1. The first-order valence-electron chi connectivity index (χ1n) is 10.2. The van der Waals surface area contributed by atoms with Gasteiger partial charge in [0.15, 0.2) is 0 Å². The van der Waals surface area contributed by atoms with Gasteiger partial charge in [0.25, 0.3) is 11.8 Å². The third-order valence-electron chi connectivity index (χ3n) is 6.25. The number of fused-ring (bicyclic) bond motifs is 1. The van der Waals surface area contributed by atoms with E-state index in [1.807, 2.05) is 0 Å². The Balaban J connectivity index is 1.48. The Kier molecular flexibility index (Phi) is 5.27. The molecule has 9 nitrogen and oxygen atoms in total. The van der Waals surface area contributed by atoms with Crippen molar-refractivity contribution in [2.24, 2.45) is 11.8 Å². The fourth-order valence-electron chi connectivity index (χ4n) is 4.53. The summed E-state index contributed by atoms with van der Waals surface area (Å²) in [6, 6.07) is 3.97. The van der Waals surface area contributed by atoms with E-state index in [2.05, 4.69) is 10.6 Å². The van der Waals surface area contributed by atoms with Crippen LogP contribution >= 0.6 is 0 Å². The lowest BCUT2D eigenvalue weighted by atomic mass is 9.82. The van der Waals surface area contributed by atoms with E-state index in [4.69, 9.17) is 5.11 Å². The number of carbonyl (C=O) groups is 5. The number of hydrogen-bond acceptors (Lipinski definition) is 6. The molecule has 1 aromatic carbocycles. The van der Waals surface area contributed by atoms with Crippen molar-refractivity contribution in [3.05, 3.63) is 29.3 Å². The van der Waals surface area contributed by atoms with Gasteiger partial charge < -0.3 is 10.4 Å². The van der Waals surface area contributed by atoms with E-state index in [-0.39, 0.29) is 35.8 Å². The maximum absolute atomic E-state index is 13.1. The SMILES string of the molecule is O=C1CCC(N2C(=O)c3cccc(NCC4CCC(C(=O)O)CC4)c3C2=O)C(=O)N1. The van der Waals surface area contributed by atoms with Gasteiger partial charge in [0, 0.05) is 18.7 Å². The molecule has 1 saturated heterocycles. The first-order valence-corrected chi connectivity index (χ1v) is 10.2. The second kappa shape index (κ2) is 7.89. The molecular weight excluding hydrogens is 390 g/mol. The zero-order valence-corrected chi connectivity index (χ0v) is 16.3. The molecule has 0 bridgehead atoms. The van der Waals surface area contributed by atoms with Gasteiger partial charge in [0.2, 0.25) is 11.8 Å². The highest BCUT2D eigenvalue weighted by Gasteiger charge is 2.45. The van der Waals surface area contributed by atoms with Crippen molar-refractivity contribution in [3.8, 4) is 0 Å². The lowest BCUT2D eigenvalue weighted by Gasteiger charge is -2.28. The van der Waals surface area contributed by atoms with Crippen LogP contribution in [-0.4, -0.2) is 52.2 Å². The molecule has 1 aromatic rings. The number of carboxylic acids is 1. The molecule has 2 heterocycles. The minimum Gasteiger partial charge on any atom is -0.481 e. The Morgan fingerprint density at radius 3 is 2.47 bits per heavy atom. The molecular formula is C21H23N3O6. The normalized spacial score (nSPS) is 26.4. The van der Waals surface area contributed by atoms with Crippen LogP contribution in [0.5, 0.6) is 0 Å². The van der Waals surface area contributed by atoms with Gasteiger partial charge in [-0.15, -0.1) is 0 Å². The number of nitrogens with zero attached hydrogens (tertiary/aromatic N) is 1. The summed E-state index contributed by atoms with van der Waals surface area (Å²) >= 11 is 0. The molecule has 3 N–H and O–H groups in total. The fraction of sp³-hybridized carbons (Fsp3) is 0.476. The van der Waals surface area contributed by atoms with Crippen LogP contribution in [0.4, 0.5) is 5.69 Å². The van der Waals surface area contributed by atoms with Crippen molar-refractivity contribution in [2.45, 2.75) is 44.6 Å². The van der Waals surface area contributed by atoms with Crippen molar-refractivity contribution in [3.63, 3.8) is 0 Å². The highest BCUT2D eigenvalue weighted by molar-refractivity contribution is 6.25. The second-order valence-electron chi connectivity index (χ2n) is 8.11. The van der Waals surface area contributed by atoms with Crippen LogP contribution in [0.15, 0.2) is 18.2 Å². The van der Waals surface area contributed by atoms with E-state index in [9.17, 15) is 24.0 Å². The molecule has 0 radical (unpaired) electrons. The molecule has 158 valence electrons. The zero-order chi connectivity index (χ0) is 21.4. The first kappa shape index (κ1) is 20.1. The predicted octanol–water partition coefficient (Wildman–Crippen LogP) is 1.39. The lowest BCUT2D eigenvalue weighted by Crippen LogP contribution is -2.54. The Labute approximate surface area is 172 Å². The van der Waals surface area contributed by atoms with Gasteiger partial charge in [-0.25, -0.2) is 0 Å². The third-order valence-corrected chi connectivity index (χ3v) is 6.25. The smallest absolute Gasteiger partial charge is 0.306 e. The van der Waals surface area contributed by atoms with E-state index in [1.54, 1.807) is 18.2 Å². The number of piperidine rings is 1. The van der Waals surface area contributed by atoms with Crippen molar-refractivity contribution in [2.75, 3.05) is 11.9 Å². The van der Waals surface area contributed by atoms with E-state index < -0.39 is 35.6 Å². The van der Waals surface area contributed by atoms with E-state index in [1.165, 1.54) is 0 Å². The van der Waals surface area contributed by atoms with Gasteiger partial charge in [-0.2, -0.15) is 0 Å². The molecule has 0 aromatic heterocycles. The summed E-state index contributed by atoms with van der Waals surface area (Å²) in [7, 11) is 0. The molecule has 2 fully saturated rings. The number of nitrogens with one attached hydrogen (secondary N) is 2. The predicted molar refractivity (Wildman–Crippen MR) is 105 cm³/mol. The van der Waals surface area contributed by atoms with Crippen LogP contribution in [0, 0.1) is 11.8 Å². The number of amides is 4. The number of anilines is 1. The molecule has 9 heteroatoms. The van der Waals surface area contributed by atoms with Crippen LogP contribution in [0.3, 0.4) is 0 Å². The Hall–Kier alpha value is -3.23. The monoisotopic (exact) mass is 413 g/mol. The number of benzene rings is 1. The Morgan fingerprint density at radius 1 is 1.07 bits per heavy atom. The highest BCUT2D eigenvalue weighted by Crippen LogP contribution is 2.34. The minimum atomic E-state index is -0.991. The lowest BCUT2D eigenvalue weighted by molar-refractivity contribution is -0.143. The average molecular weight is 413 g/mol. The van der Waals surface area contributed by atoms with E-state index >= 15 is 0 Å². The minimum absolute atomic E-state index is 0.0773. The van der Waals surface area contributed by atoms with E-state index in [0.717, 1.165) is 17.7 Å². The number of imide groups is 2. The van der Waals surface area contributed by atoms with Gasteiger partial charge in [0.05, 0.1) is 17.0 Å². The van der Waals surface area contributed by atoms with Gasteiger partial charge in [-0.05, 0) is 50.2 Å². The van der Waals surface area contributed by atoms with Gasteiger partial charge in [0.1, 0.15) is 6.04 Å². The summed E-state index contributed by atoms with van der Waals surface area (Å²) in [5.41, 5.74) is 1.01. The summed E-state index contributed by atoms with van der Waals surface area (Å²) in [4.78, 5) is 61.6. The topological polar surface area (TPSA) is 133 Å². The van der Waals surface area contributed by atoms with Crippen LogP contribution in [0.25, 0.3) is 0 Å². The summed E-state index contributed by atoms with van der Waals surface area (Å²) in [6.45, 7) is 0.572. The Morgan fingerprint density at radius 2 is 1.80 bits per heavy atom. The Bertz CT molecular complexity index is 935. The molecule has 1 aliphatic carbocycles. The summed E-state index contributed by atoms with van der Waals surface area (Å²) in [5, 5.41) is 14.6. The number of rotatable bonds is 5. The van der Waals surface area contributed by atoms with Crippen LogP contribution in [0.2, 0.25) is 0 Å². The maximum Gasteiger partial charge on any atom is 0.306 e. The fourth-order valence-corrected chi connectivity index (χ4v) is 4.53. The van der Waals surface area contributed by atoms with Crippen molar-refractivity contribution >= 4 is 35.3 Å². The maximum atomic E-state index is 13.1. The molecule has 0 spiro atoms. The quantitative estimate of drug-likeness (QED) is 0.621. The van der Waals surface area contributed by atoms with Crippen LogP contribution < -0.4 is 10.6 Å². The number of hydrogen-bond donors (Lipinski definition) is 3. The molecule has 1 atom stereocenters. The molecule has 3 aliphatic rings. The second-order valence-corrected chi connectivity index (χ2v) is 8.11. The summed E-state index contributed by atoms with van der Waals surface area (Å²) in [5.74, 6) is -2.87. The van der Waals surface area contributed by atoms with E-state index in [0.29, 0.717) is 25.1 Å². The summed E-state index contributed by atoms with van der Waals surface area (Å²) in [6.07, 6.45) is 3.03. The molecule has 2 aliphatic heterocycles. The van der Waals surface area contributed by atoms with Crippen LogP contribution in [0.1, 0.15) is 59.2 Å². The molecule has 4 amide bonds. The summed E-state index contributed by atoms with van der Waals surface area (Å²) < 4.78 is 0. The highest BCUT2D eigenvalue weighted by atomic mass is 16.4. The van der Waals surface area contributed by atoms with Gasteiger partial charge in [-0.1, -0.05) is 6.07 Å².